The molecular weight excluding hydrogens is 485 g/mol. The van der Waals surface area contributed by atoms with E-state index in [2.05, 4.69) is 45.0 Å². The number of ether oxygens (including phenoxy) is 1. The summed E-state index contributed by atoms with van der Waals surface area (Å²) in [6.07, 6.45) is -2.40. The minimum atomic E-state index is -2.94. The Morgan fingerprint density at radius 3 is 1.97 bits per heavy atom. The van der Waals surface area contributed by atoms with Crippen molar-refractivity contribution in [3.05, 3.63) is 96.3 Å². The van der Waals surface area contributed by atoms with Crippen molar-refractivity contribution in [3.8, 4) is 0 Å². The lowest BCUT2D eigenvalue weighted by atomic mass is 9.99. The fourth-order valence-electron chi connectivity index (χ4n) is 5.48. The monoisotopic (exact) mass is 521 g/mol. The predicted octanol–water partition coefficient (Wildman–Crippen LogP) is 4.40. The minimum Gasteiger partial charge on any atom is -0.402 e. The second-order valence-electron chi connectivity index (χ2n) is 10.8. The van der Waals surface area contributed by atoms with Crippen LogP contribution < -0.4 is 10.4 Å². The first-order valence-electron chi connectivity index (χ1n) is 12.7. The number of carbonyl (C=O) groups excluding carboxylic acids is 1. The molecule has 4 atom stereocenters. The predicted molar refractivity (Wildman–Crippen MR) is 146 cm³/mol. The van der Waals surface area contributed by atoms with E-state index in [0.717, 1.165) is 15.9 Å². The Morgan fingerprint density at radius 1 is 0.973 bits per heavy atom. The summed E-state index contributed by atoms with van der Waals surface area (Å²) in [6.45, 7) is 10.7. The number of nitrogens with zero attached hydrogens (tertiary/aromatic N) is 1. The van der Waals surface area contributed by atoms with Crippen LogP contribution >= 0.6 is 0 Å². The van der Waals surface area contributed by atoms with Crippen molar-refractivity contribution in [2.24, 2.45) is 0 Å². The van der Waals surface area contributed by atoms with E-state index in [9.17, 15) is 14.3 Å². The SMILES string of the molecule is C[C@H]1CN([C@H](c2ccc(F)cc2)[C@@H](C)O[Si](c2ccccc2)(c2ccccc2)C(C)(C)C)C(=O)C(O)O1. The van der Waals surface area contributed by atoms with Crippen LogP contribution in [0.4, 0.5) is 4.39 Å². The molecule has 7 heteroatoms. The molecule has 0 saturated carbocycles. The molecule has 0 aliphatic carbocycles. The summed E-state index contributed by atoms with van der Waals surface area (Å²) in [4.78, 5) is 14.8. The average Bonchev–Trinajstić information content (AvgIpc) is 2.87. The number of hydrogen-bond acceptors (Lipinski definition) is 4. The Hall–Kier alpha value is -2.84. The number of halogens is 1. The van der Waals surface area contributed by atoms with Crippen LogP contribution in [0.1, 0.15) is 46.2 Å². The quantitative estimate of drug-likeness (QED) is 0.469. The summed E-state index contributed by atoms with van der Waals surface area (Å²) in [5.74, 6) is -0.880. The smallest absolute Gasteiger partial charge is 0.280 e. The zero-order chi connectivity index (χ0) is 26.8. The Kier molecular flexibility index (Phi) is 7.99. The Balaban J connectivity index is 1.87. The molecule has 1 aliphatic heterocycles. The van der Waals surface area contributed by atoms with E-state index < -0.39 is 32.7 Å². The van der Waals surface area contributed by atoms with Gasteiger partial charge in [-0.05, 0) is 47.0 Å². The van der Waals surface area contributed by atoms with Crippen molar-refractivity contribution in [1.29, 1.82) is 0 Å². The van der Waals surface area contributed by atoms with Gasteiger partial charge >= 0.3 is 0 Å². The van der Waals surface area contributed by atoms with Crippen LogP contribution in [0.3, 0.4) is 0 Å². The number of amides is 1. The lowest BCUT2D eigenvalue weighted by Gasteiger charge is -2.48. The standard InChI is InChI=1S/C30H36FNO4Si/c1-21-20-32(28(33)29(34)35-21)27(23-16-18-24(31)19-17-23)22(2)36-37(30(3,4)5,25-12-8-6-9-13-25)26-14-10-7-11-15-26/h6-19,21-22,27,29,34H,20H2,1-5H3/t21-,22+,27-,29?/m0/s1. The molecule has 4 rings (SSSR count). The zero-order valence-corrected chi connectivity index (χ0v) is 23.1. The van der Waals surface area contributed by atoms with E-state index in [1.807, 2.05) is 50.2 Å². The molecule has 0 bridgehead atoms. The van der Waals surface area contributed by atoms with Gasteiger partial charge < -0.3 is 19.2 Å². The van der Waals surface area contributed by atoms with Gasteiger partial charge in [0.15, 0.2) is 0 Å². The molecule has 0 spiro atoms. The van der Waals surface area contributed by atoms with Gasteiger partial charge in [0.2, 0.25) is 6.29 Å². The lowest BCUT2D eigenvalue weighted by Crippen LogP contribution is -2.68. The summed E-state index contributed by atoms with van der Waals surface area (Å²) in [5, 5.41) is 12.3. The van der Waals surface area contributed by atoms with Gasteiger partial charge in [0, 0.05) is 6.54 Å². The third kappa shape index (κ3) is 5.41. The van der Waals surface area contributed by atoms with Gasteiger partial charge in [0.25, 0.3) is 14.2 Å². The van der Waals surface area contributed by atoms with Gasteiger partial charge in [-0.2, -0.15) is 0 Å². The number of aliphatic hydroxyl groups is 1. The third-order valence-corrected chi connectivity index (χ3v) is 12.2. The Bertz CT molecular complexity index is 1140. The van der Waals surface area contributed by atoms with Crippen LogP contribution in [0, 0.1) is 5.82 Å². The van der Waals surface area contributed by atoms with Gasteiger partial charge in [-0.1, -0.05) is 93.6 Å². The molecule has 1 aliphatic rings. The van der Waals surface area contributed by atoms with Gasteiger partial charge in [-0.15, -0.1) is 0 Å². The molecule has 37 heavy (non-hydrogen) atoms. The molecule has 3 aromatic carbocycles. The molecule has 196 valence electrons. The first-order chi connectivity index (χ1) is 17.5. The van der Waals surface area contributed by atoms with Crippen molar-refractivity contribution >= 4 is 24.6 Å². The van der Waals surface area contributed by atoms with E-state index >= 15 is 0 Å². The van der Waals surface area contributed by atoms with E-state index in [0.29, 0.717) is 0 Å². The maximum absolute atomic E-state index is 13.9. The van der Waals surface area contributed by atoms with E-state index in [-0.39, 0.29) is 23.5 Å². The first kappa shape index (κ1) is 27.2. The molecule has 1 N–H and O–H groups in total. The highest BCUT2D eigenvalue weighted by Gasteiger charge is 2.52. The second-order valence-corrected chi connectivity index (χ2v) is 15.0. The maximum Gasteiger partial charge on any atom is 0.280 e. The fraction of sp³-hybridized carbons (Fsp3) is 0.367. The van der Waals surface area contributed by atoms with E-state index in [1.165, 1.54) is 12.1 Å². The minimum absolute atomic E-state index is 0.265. The first-order valence-corrected chi connectivity index (χ1v) is 14.6. The molecule has 1 unspecified atom stereocenters. The molecule has 1 heterocycles. The zero-order valence-electron chi connectivity index (χ0n) is 22.1. The highest BCUT2D eigenvalue weighted by atomic mass is 28.4. The number of carbonyl (C=O) groups is 1. The molecule has 1 amide bonds. The van der Waals surface area contributed by atoms with Crippen molar-refractivity contribution in [3.63, 3.8) is 0 Å². The van der Waals surface area contributed by atoms with Crippen molar-refractivity contribution in [1.82, 2.24) is 4.90 Å². The molecule has 5 nitrogen and oxygen atoms in total. The highest BCUT2D eigenvalue weighted by Crippen LogP contribution is 2.40. The maximum atomic E-state index is 13.9. The van der Waals surface area contributed by atoms with Crippen LogP contribution in [0.5, 0.6) is 0 Å². The third-order valence-electron chi connectivity index (χ3n) is 7.08. The van der Waals surface area contributed by atoms with Gasteiger partial charge in [0.05, 0.1) is 18.2 Å². The van der Waals surface area contributed by atoms with Crippen molar-refractivity contribution in [2.75, 3.05) is 6.54 Å². The fourth-order valence-corrected chi connectivity index (χ4v) is 10.2. The molecule has 0 aromatic heterocycles. The molecule has 3 aromatic rings. The van der Waals surface area contributed by atoms with Crippen molar-refractivity contribution < 1.29 is 23.5 Å². The normalized spacial score (nSPS) is 20.5. The highest BCUT2D eigenvalue weighted by molar-refractivity contribution is 6.99. The number of morpholine rings is 1. The summed E-state index contributed by atoms with van der Waals surface area (Å²) in [7, 11) is -2.94. The summed E-state index contributed by atoms with van der Waals surface area (Å²) in [6, 6.07) is 26.2. The Labute approximate surface area is 220 Å². The van der Waals surface area contributed by atoms with Crippen LogP contribution in [0.15, 0.2) is 84.9 Å². The van der Waals surface area contributed by atoms with Crippen LogP contribution in [0.25, 0.3) is 0 Å². The van der Waals surface area contributed by atoms with Gasteiger partial charge in [0.1, 0.15) is 5.82 Å². The Morgan fingerprint density at radius 2 is 1.49 bits per heavy atom. The summed E-state index contributed by atoms with van der Waals surface area (Å²) >= 11 is 0. The van der Waals surface area contributed by atoms with Gasteiger partial charge in [-0.25, -0.2) is 4.39 Å². The van der Waals surface area contributed by atoms with E-state index in [4.69, 9.17) is 9.16 Å². The van der Waals surface area contributed by atoms with Gasteiger partial charge in [-0.3, -0.25) is 4.79 Å². The van der Waals surface area contributed by atoms with E-state index in [1.54, 1.807) is 17.0 Å². The topological polar surface area (TPSA) is 59.0 Å². The van der Waals surface area contributed by atoms with Crippen LogP contribution in [-0.4, -0.2) is 49.3 Å². The number of hydrogen-bond donors (Lipinski definition) is 1. The molecule has 1 fully saturated rings. The van der Waals surface area contributed by atoms with Crippen molar-refractivity contribution in [2.45, 2.75) is 64.2 Å². The largest absolute Gasteiger partial charge is 0.402 e. The number of benzene rings is 3. The molecular formula is C30H36FNO4Si. The molecule has 0 radical (unpaired) electrons. The average molecular weight is 522 g/mol. The number of aliphatic hydroxyl groups excluding tert-OH is 1. The van der Waals surface area contributed by atoms with Crippen LogP contribution in [-0.2, 0) is 14.0 Å². The number of rotatable bonds is 7. The van der Waals surface area contributed by atoms with Crippen LogP contribution in [0.2, 0.25) is 5.04 Å². The summed E-state index contributed by atoms with van der Waals surface area (Å²) in [5.41, 5.74) is 0.737. The summed E-state index contributed by atoms with van der Waals surface area (Å²) < 4.78 is 26.6. The second kappa shape index (κ2) is 10.9. The lowest BCUT2D eigenvalue weighted by molar-refractivity contribution is -0.203. The molecule has 1 saturated heterocycles.